The molecule has 4 N–H and O–H groups in total. The van der Waals surface area contributed by atoms with Crippen LogP contribution in [0.2, 0.25) is 0 Å². The molecular weight excluding hydrogens is 311 g/mol. The summed E-state index contributed by atoms with van der Waals surface area (Å²) in [4.78, 5) is -0.540. The fraction of sp³-hybridized carbons (Fsp3) is 0. The van der Waals surface area contributed by atoms with Gasteiger partial charge in [-0.05, 0) is 24.3 Å². The maximum atomic E-state index is 13.2. The number of nitrogens with zero attached hydrogens (tertiary/aromatic N) is 1. The Balaban J connectivity index is 2.52. The smallest absolute Gasteiger partial charge is 0.277 e. The van der Waals surface area contributed by atoms with Gasteiger partial charge in [0.1, 0.15) is 10.7 Å². The molecule has 2 aromatic rings. The van der Waals surface area contributed by atoms with E-state index in [1.54, 1.807) is 0 Å². The van der Waals surface area contributed by atoms with Crippen LogP contribution in [0.3, 0.4) is 0 Å². The summed E-state index contributed by atoms with van der Waals surface area (Å²) in [5, 5.41) is 10.3. The van der Waals surface area contributed by atoms with Crippen molar-refractivity contribution >= 4 is 25.7 Å². The highest BCUT2D eigenvalue weighted by atomic mass is 32.2. The van der Waals surface area contributed by atoms with Crippen LogP contribution in [0.1, 0.15) is 0 Å². The second-order valence-electron chi connectivity index (χ2n) is 3.71. The number of sulfonamides is 2. The Labute approximate surface area is 113 Å². The third-order valence-electron chi connectivity index (χ3n) is 2.26. The molecule has 0 fully saturated rings. The maximum Gasteiger partial charge on any atom is 0.278 e. The predicted octanol–water partition coefficient (Wildman–Crippen LogP) is -0.00300. The van der Waals surface area contributed by atoms with Gasteiger partial charge in [-0.15, -0.1) is 0 Å². The number of benzene rings is 1. The number of nitrogens with two attached hydrogens (primary N) is 1. The van der Waals surface area contributed by atoms with E-state index in [-0.39, 0.29) is 5.03 Å². The molecular formula is C9H9FN4O4S2. The van der Waals surface area contributed by atoms with Gasteiger partial charge in [0, 0.05) is 0 Å². The van der Waals surface area contributed by atoms with Crippen molar-refractivity contribution < 1.29 is 21.2 Å². The minimum atomic E-state index is -4.21. The minimum Gasteiger partial charge on any atom is -0.277 e. The zero-order valence-electron chi connectivity index (χ0n) is 9.74. The topological polar surface area (TPSA) is 135 Å². The number of anilines is 1. The molecule has 20 heavy (non-hydrogen) atoms. The number of aromatic amines is 1. The van der Waals surface area contributed by atoms with Crippen LogP contribution in [0.5, 0.6) is 0 Å². The van der Waals surface area contributed by atoms with E-state index in [9.17, 15) is 21.2 Å². The lowest BCUT2D eigenvalue weighted by molar-refractivity contribution is 0.596. The second kappa shape index (κ2) is 4.85. The molecule has 0 saturated carbocycles. The van der Waals surface area contributed by atoms with Gasteiger partial charge in [-0.3, -0.25) is 9.82 Å². The normalized spacial score (nSPS) is 12.3. The molecule has 0 aliphatic heterocycles. The Kier molecular flexibility index (Phi) is 3.50. The average Bonchev–Trinajstić information content (AvgIpc) is 2.80. The summed E-state index contributed by atoms with van der Waals surface area (Å²) in [5.41, 5.74) is -0.484. The van der Waals surface area contributed by atoms with Crippen LogP contribution in [0.15, 0.2) is 40.4 Å². The lowest BCUT2D eigenvalue weighted by Gasteiger charge is -2.10. The fourth-order valence-electron chi connectivity index (χ4n) is 1.42. The first-order valence-corrected chi connectivity index (χ1v) is 8.08. The summed E-state index contributed by atoms with van der Waals surface area (Å²) in [6.45, 7) is 0. The number of halogens is 1. The van der Waals surface area contributed by atoms with E-state index in [4.69, 9.17) is 5.14 Å². The Bertz CT molecular complexity index is 831. The molecule has 11 heteroatoms. The molecule has 0 spiro atoms. The van der Waals surface area contributed by atoms with Crippen molar-refractivity contribution in [2.75, 3.05) is 4.72 Å². The molecule has 0 bridgehead atoms. The first-order chi connectivity index (χ1) is 9.20. The Morgan fingerprint density at radius 3 is 2.45 bits per heavy atom. The van der Waals surface area contributed by atoms with Gasteiger partial charge in [-0.25, -0.2) is 17.9 Å². The zero-order chi connectivity index (χ0) is 15.0. The summed E-state index contributed by atoms with van der Waals surface area (Å²) >= 11 is 0. The predicted molar refractivity (Wildman–Crippen MR) is 67.2 cm³/mol. The molecule has 1 heterocycles. The summed E-state index contributed by atoms with van der Waals surface area (Å²) in [7, 11) is -8.34. The van der Waals surface area contributed by atoms with E-state index < -0.39 is 36.4 Å². The van der Waals surface area contributed by atoms with Gasteiger partial charge in [-0.2, -0.15) is 13.5 Å². The van der Waals surface area contributed by atoms with Crippen LogP contribution in [0.25, 0.3) is 0 Å². The van der Waals surface area contributed by atoms with Gasteiger partial charge >= 0.3 is 0 Å². The first kappa shape index (κ1) is 14.4. The highest BCUT2D eigenvalue weighted by molar-refractivity contribution is 7.93. The van der Waals surface area contributed by atoms with Crippen LogP contribution < -0.4 is 9.86 Å². The van der Waals surface area contributed by atoms with Crippen LogP contribution in [0.4, 0.5) is 10.1 Å². The highest BCUT2D eigenvalue weighted by Gasteiger charge is 2.21. The molecule has 0 atom stereocenters. The van der Waals surface area contributed by atoms with Crippen LogP contribution >= 0.6 is 0 Å². The molecule has 8 nitrogen and oxygen atoms in total. The van der Waals surface area contributed by atoms with Crippen LogP contribution in [0, 0.1) is 5.82 Å². The van der Waals surface area contributed by atoms with Gasteiger partial charge in [0.05, 0.1) is 11.9 Å². The lowest BCUT2D eigenvalue weighted by Crippen LogP contribution is -2.19. The molecule has 1 aromatic heterocycles. The van der Waals surface area contributed by atoms with Gasteiger partial charge in [-0.1, -0.05) is 0 Å². The monoisotopic (exact) mass is 320 g/mol. The Morgan fingerprint density at radius 1 is 1.20 bits per heavy atom. The van der Waals surface area contributed by atoms with Crippen LogP contribution in [-0.2, 0) is 20.0 Å². The molecule has 1 aromatic carbocycles. The summed E-state index contributed by atoms with van der Waals surface area (Å²) in [6.07, 6.45) is 1.20. The standard InChI is InChI=1S/C9H9FN4O4S2/c10-6-1-2-8(19(11,15)16)7(5-6)14-20(17,18)9-3-4-12-13-9/h1-5,14H,(H,12,13)(H2,11,15,16). The summed E-state index contributed by atoms with van der Waals surface area (Å²) in [6, 6.07) is 3.59. The van der Waals surface area contributed by atoms with E-state index in [2.05, 4.69) is 10.2 Å². The van der Waals surface area contributed by atoms with E-state index in [1.165, 1.54) is 6.20 Å². The van der Waals surface area contributed by atoms with Crippen molar-refractivity contribution in [3.8, 4) is 0 Å². The van der Waals surface area contributed by atoms with Gasteiger partial charge in [0.2, 0.25) is 10.0 Å². The number of H-pyrrole nitrogens is 1. The third-order valence-corrected chi connectivity index (χ3v) is 4.52. The number of hydrogen-bond acceptors (Lipinski definition) is 5. The van der Waals surface area contributed by atoms with Crippen molar-refractivity contribution in [1.29, 1.82) is 0 Å². The quantitative estimate of drug-likeness (QED) is 0.728. The minimum absolute atomic E-state index is 0.304. The number of aromatic nitrogens is 2. The van der Waals surface area contributed by atoms with E-state index in [1.807, 2.05) is 4.72 Å². The average molecular weight is 320 g/mol. The highest BCUT2D eigenvalue weighted by Crippen LogP contribution is 2.23. The molecule has 0 amide bonds. The van der Waals surface area contributed by atoms with Gasteiger partial charge < -0.3 is 0 Å². The molecule has 0 saturated heterocycles. The first-order valence-electron chi connectivity index (χ1n) is 5.05. The number of hydrogen-bond donors (Lipinski definition) is 3. The number of nitrogens with one attached hydrogen (secondary N) is 2. The molecule has 0 aliphatic rings. The van der Waals surface area contributed by atoms with Crippen molar-refractivity contribution in [2.45, 2.75) is 9.92 Å². The molecule has 0 radical (unpaired) electrons. The van der Waals surface area contributed by atoms with E-state index in [0.29, 0.717) is 6.07 Å². The van der Waals surface area contributed by atoms with E-state index in [0.717, 1.165) is 18.2 Å². The van der Waals surface area contributed by atoms with Crippen molar-refractivity contribution in [2.24, 2.45) is 5.14 Å². The second-order valence-corrected chi connectivity index (χ2v) is 6.89. The lowest BCUT2D eigenvalue weighted by atomic mass is 10.3. The number of primary sulfonamides is 1. The van der Waals surface area contributed by atoms with Crippen LogP contribution in [-0.4, -0.2) is 27.0 Å². The number of rotatable bonds is 4. The summed E-state index contributed by atoms with van der Waals surface area (Å²) < 4.78 is 61.6. The fourth-order valence-corrected chi connectivity index (χ4v) is 3.14. The molecule has 0 unspecified atom stereocenters. The Morgan fingerprint density at radius 2 is 1.90 bits per heavy atom. The van der Waals surface area contributed by atoms with E-state index >= 15 is 0 Å². The Hall–Kier alpha value is -1.98. The van der Waals surface area contributed by atoms with Crippen molar-refractivity contribution in [3.05, 3.63) is 36.3 Å². The summed E-state index contributed by atoms with van der Waals surface area (Å²) in [5.74, 6) is -0.820. The SMILES string of the molecule is NS(=O)(=O)c1ccc(F)cc1NS(=O)(=O)c1ccn[nH]1. The van der Waals surface area contributed by atoms with Gasteiger partial charge in [0.25, 0.3) is 10.0 Å². The third kappa shape index (κ3) is 2.95. The van der Waals surface area contributed by atoms with Crippen molar-refractivity contribution in [1.82, 2.24) is 10.2 Å². The van der Waals surface area contributed by atoms with Crippen molar-refractivity contribution in [3.63, 3.8) is 0 Å². The molecule has 108 valence electrons. The largest absolute Gasteiger partial charge is 0.278 e. The zero-order valence-corrected chi connectivity index (χ0v) is 11.4. The molecule has 2 rings (SSSR count). The maximum absolute atomic E-state index is 13.2. The molecule has 0 aliphatic carbocycles. The van der Waals surface area contributed by atoms with Gasteiger partial charge in [0.15, 0.2) is 5.03 Å².